The first-order valence-electron chi connectivity index (χ1n) is 5.95. The minimum atomic E-state index is -0.425. The highest BCUT2D eigenvalue weighted by atomic mass is 35.5. The van der Waals surface area contributed by atoms with E-state index in [4.69, 9.17) is 27.9 Å². The molecule has 0 aliphatic rings. The van der Waals surface area contributed by atoms with Gasteiger partial charge in [0.25, 0.3) is 0 Å². The summed E-state index contributed by atoms with van der Waals surface area (Å²) >= 11 is 11.8. The topological polar surface area (TPSA) is 9.23 Å². The lowest BCUT2D eigenvalue weighted by Crippen LogP contribution is -1.94. The highest BCUT2D eigenvalue weighted by Crippen LogP contribution is 2.31. The minimum absolute atomic E-state index is 0.168. The third-order valence-corrected chi connectivity index (χ3v) is 3.47. The minimum Gasteiger partial charge on any atom is -0.454 e. The number of hydrogen-bond acceptors (Lipinski definition) is 1. The number of hydrogen-bond donors (Lipinski definition) is 0. The SMILES string of the molecule is CCc1cc(Oc2c(F)cccc2CCl)ccc1Cl. The van der Waals surface area contributed by atoms with E-state index in [0.29, 0.717) is 16.3 Å². The van der Waals surface area contributed by atoms with Gasteiger partial charge >= 0.3 is 0 Å². The van der Waals surface area contributed by atoms with E-state index in [1.54, 1.807) is 24.3 Å². The van der Waals surface area contributed by atoms with E-state index in [9.17, 15) is 4.39 Å². The monoisotopic (exact) mass is 298 g/mol. The Labute approximate surface area is 121 Å². The van der Waals surface area contributed by atoms with Gasteiger partial charge in [0.1, 0.15) is 5.75 Å². The number of alkyl halides is 1. The summed E-state index contributed by atoms with van der Waals surface area (Å²) in [6.45, 7) is 2.00. The van der Waals surface area contributed by atoms with Crippen LogP contribution >= 0.6 is 23.2 Å². The maximum atomic E-state index is 13.8. The Morgan fingerprint density at radius 3 is 2.63 bits per heavy atom. The molecule has 0 aliphatic carbocycles. The van der Waals surface area contributed by atoms with Crippen molar-refractivity contribution in [3.8, 4) is 11.5 Å². The third-order valence-electron chi connectivity index (χ3n) is 2.81. The Bertz CT molecular complexity index is 584. The Morgan fingerprint density at radius 1 is 1.16 bits per heavy atom. The van der Waals surface area contributed by atoms with Crippen LogP contribution in [0.25, 0.3) is 0 Å². The van der Waals surface area contributed by atoms with Crippen molar-refractivity contribution in [3.05, 3.63) is 58.4 Å². The van der Waals surface area contributed by atoms with Crippen LogP contribution in [0.3, 0.4) is 0 Å². The normalized spacial score (nSPS) is 10.5. The summed E-state index contributed by atoms with van der Waals surface area (Å²) in [5.41, 5.74) is 1.58. The first-order valence-corrected chi connectivity index (χ1v) is 6.86. The molecular weight excluding hydrogens is 286 g/mol. The van der Waals surface area contributed by atoms with Gasteiger partial charge < -0.3 is 4.74 Å². The molecule has 0 bridgehead atoms. The quantitative estimate of drug-likeness (QED) is 0.670. The Kier molecular flexibility index (Phi) is 4.67. The molecule has 0 amide bonds. The van der Waals surface area contributed by atoms with E-state index in [1.165, 1.54) is 6.07 Å². The average Bonchev–Trinajstić information content (AvgIpc) is 2.43. The predicted octanol–water partition coefficient (Wildman–Crippen LogP) is 5.57. The summed E-state index contributed by atoms with van der Waals surface area (Å²) in [4.78, 5) is 0. The van der Waals surface area contributed by atoms with Crippen LogP contribution in [0.2, 0.25) is 5.02 Å². The van der Waals surface area contributed by atoms with Crippen LogP contribution < -0.4 is 4.74 Å². The lowest BCUT2D eigenvalue weighted by atomic mass is 10.1. The number of aryl methyl sites for hydroxylation is 1. The predicted molar refractivity (Wildman–Crippen MR) is 76.9 cm³/mol. The molecule has 4 heteroatoms. The molecule has 0 aromatic heterocycles. The number of halogens is 3. The summed E-state index contributed by atoms with van der Waals surface area (Å²) in [5.74, 6) is 0.493. The van der Waals surface area contributed by atoms with E-state index >= 15 is 0 Å². The van der Waals surface area contributed by atoms with Gasteiger partial charge in [-0.25, -0.2) is 4.39 Å². The Balaban J connectivity index is 2.36. The molecule has 0 N–H and O–H groups in total. The second kappa shape index (κ2) is 6.27. The fraction of sp³-hybridized carbons (Fsp3) is 0.200. The highest BCUT2D eigenvalue weighted by Gasteiger charge is 2.11. The summed E-state index contributed by atoms with van der Waals surface area (Å²) in [7, 11) is 0. The molecule has 1 nitrogen and oxygen atoms in total. The molecule has 0 aliphatic heterocycles. The van der Waals surface area contributed by atoms with Crippen molar-refractivity contribution in [2.24, 2.45) is 0 Å². The van der Waals surface area contributed by atoms with Crippen LogP contribution in [0.15, 0.2) is 36.4 Å². The first kappa shape index (κ1) is 14.2. The summed E-state index contributed by atoms with van der Waals surface area (Å²) in [6.07, 6.45) is 0.787. The molecule has 2 aromatic rings. The van der Waals surface area contributed by atoms with Gasteiger partial charge in [-0.3, -0.25) is 0 Å². The van der Waals surface area contributed by atoms with Crippen molar-refractivity contribution in [2.45, 2.75) is 19.2 Å². The van der Waals surface area contributed by atoms with Gasteiger partial charge in [-0.1, -0.05) is 30.7 Å². The second-order valence-corrected chi connectivity index (χ2v) is 4.75. The second-order valence-electron chi connectivity index (χ2n) is 4.07. The van der Waals surface area contributed by atoms with Crippen molar-refractivity contribution < 1.29 is 9.13 Å². The van der Waals surface area contributed by atoms with Gasteiger partial charge in [0, 0.05) is 10.6 Å². The molecule has 0 heterocycles. The molecule has 2 aromatic carbocycles. The standard InChI is InChI=1S/C15H13Cl2FO/c1-2-10-8-12(6-7-13(10)17)19-15-11(9-16)4-3-5-14(15)18/h3-8H,2,9H2,1H3. The van der Waals surface area contributed by atoms with Gasteiger partial charge in [-0.2, -0.15) is 0 Å². The summed E-state index contributed by atoms with van der Waals surface area (Å²) in [5, 5.41) is 0.681. The van der Waals surface area contributed by atoms with Crippen LogP contribution in [0.5, 0.6) is 11.5 Å². The fourth-order valence-electron chi connectivity index (χ4n) is 1.78. The zero-order valence-electron chi connectivity index (χ0n) is 10.4. The molecular formula is C15H13Cl2FO. The van der Waals surface area contributed by atoms with Crippen molar-refractivity contribution in [1.82, 2.24) is 0 Å². The molecule has 100 valence electrons. The number of benzene rings is 2. The molecule has 0 radical (unpaired) electrons. The first-order chi connectivity index (χ1) is 9.15. The van der Waals surface area contributed by atoms with Crippen molar-refractivity contribution in [2.75, 3.05) is 0 Å². The smallest absolute Gasteiger partial charge is 0.167 e. The average molecular weight is 299 g/mol. The zero-order valence-corrected chi connectivity index (χ0v) is 11.9. The lowest BCUT2D eigenvalue weighted by Gasteiger charge is -2.12. The molecule has 0 spiro atoms. The van der Waals surface area contributed by atoms with E-state index in [2.05, 4.69) is 0 Å². The molecule has 2 rings (SSSR count). The zero-order chi connectivity index (χ0) is 13.8. The number of rotatable bonds is 4. The molecule has 0 saturated heterocycles. The lowest BCUT2D eigenvalue weighted by molar-refractivity contribution is 0.437. The Morgan fingerprint density at radius 2 is 1.95 bits per heavy atom. The van der Waals surface area contributed by atoms with Gasteiger partial charge in [-0.05, 0) is 36.2 Å². The fourth-order valence-corrected chi connectivity index (χ4v) is 2.24. The highest BCUT2D eigenvalue weighted by molar-refractivity contribution is 6.31. The van der Waals surface area contributed by atoms with Gasteiger partial charge in [0.15, 0.2) is 11.6 Å². The van der Waals surface area contributed by atoms with Crippen LogP contribution in [0, 0.1) is 5.82 Å². The van der Waals surface area contributed by atoms with Crippen molar-refractivity contribution in [3.63, 3.8) is 0 Å². The molecule has 0 fully saturated rings. The molecule has 19 heavy (non-hydrogen) atoms. The summed E-state index contributed by atoms with van der Waals surface area (Å²) in [6, 6.07) is 9.97. The molecule has 0 atom stereocenters. The number of ether oxygens (including phenoxy) is 1. The maximum absolute atomic E-state index is 13.8. The van der Waals surface area contributed by atoms with E-state index < -0.39 is 5.82 Å². The molecule has 0 unspecified atom stereocenters. The van der Waals surface area contributed by atoms with Crippen LogP contribution in [-0.2, 0) is 12.3 Å². The molecule has 0 saturated carbocycles. The maximum Gasteiger partial charge on any atom is 0.167 e. The van der Waals surface area contributed by atoms with Crippen molar-refractivity contribution >= 4 is 23.2 Å². The largest absolute Gasteiger partial charge is 0.454 e. The van der Waals surface area contributed by atoms with Gasteiger partial charge in [-0.15, -0.1) is 11.6 Å². The Hall–Kier alpha value is -1.25. The van der Waals surface area contributed by atoms with Crippen molar-refractivity contribution in [1.29, 1.82) is 0 Å². The van der Waals surface area contributed by atoms with Gasteiger partial charge in [0.05, 0.1) is 5.88 Å². The number of para-hydroxylation sites is 1. The van der Waals surface area contributed by atoms with Gasteiger partial charge in [0.2, 0.25) is 0 Å². The summed E-state index contributed by atoms with van der Waals surface area (Å²) < 4.78 is 19.4. The van der Waals surface area contributed by atoms with Crippen LogP contribution in [-0.4, -0.2) is 0 Å². The van der Waals surface area contributed by atoms with E-state index in [1.807, 2.05) is 13.0 Å². The third kappa shape index (κ3) is 3.20. The van der Waals surface area contributed by atoms with Crippen LogP contribution in [0.1, 0.15) is 18.1 Å². The van der Waals surface area contributed by atoms with Crippen LogP contribution in [0.4, 0.5) is 4.39 Å². The van der Waals surface area contributed by atoms with E-state index in [0.717, 1.165) is 12.0 Å². The van der Waals surface area contributed by atoms with E-state index in [-0.39, 0.29) is 11.6 Å².